The van der Waals surface area contributed by atoms with Gasteiger partial charge in [-0.1, -0.05) is 32.1 Å². The fraction of sp³-hybridized carbons (Fsp3) is 0.938. The summed E-state index contributed by atoms with van der Waals surface area (Å²) in [5.74, 6) is 0.860. The molecule has 2 atom stereocenters. The van der Waals surface area contributed by atoms with Gasteiger partial charge in [0.15, 0.2) is 0 Å². The van der Waals surface area contributed by atoms with Crippen LogP contribution in [0.1, 0.15) is 64.2 Å². The molecule has 0 radical (unpaired) electrons. The second-order valence-electron chi connectivity index (χ2n) is 7.01. The molecule has 2 fully saturated rings. The average molecular weight is 330 g/mol. The third-order valence-corrected chi connectivity index (χ3v) is 6.76. The van der Waals surface area contributed by atoms with Gasteiger partial charge >= 0.3 is 6.03 Å². The summed E-state index contributed by atoms with van der Waals surface area (Å²) >= 11 is 0. The van der Waals surface area contributed by atoms with Crippen molar-refractivity contribution < 1.29 is 13.2 Å². The molecule has 2 unspecified atom stereocenters. The van der Waals surface area contributed by atoms with Gasteiger partial charge in [-0.3, -0.25) is 0 Å². The third kappa shape index (κ3) is 5.78. The Kier molecular flexibility index (Phi) is 6.53. The molecule has 0 spiro atoms. The van der Waals surface area contributed by atoms with Crippen LogP contribution in [0.25, 0.3) is 0 Å². The van der Waals surface area contributed by atoms with E-state index in [4.69, 9.17) is 0 Å². The number of sulfone groups is 1. The Morgan fingerprint density at radius 3 is 2.50 bits per heavy atom. The van der Waals surface area contributed by atoms with Crippen molar-refractivity contribution in [2.24, 2.45) is 5.92 Å². The first kappa shape index (κ1) is 17.6. The van der Waals surface area contributed by atoms with Gasteiger partial charge in [0.25, 0.3) is 0 Å². The van der Waals surface area contributed by atoms with Gasteiger partial charge < -0.3 is 10.6 Å². The van der Waals surface area contributed by atoms with Gasteiger partial charge in [-0.15, -0.1) is 0 Å². The van der Waals surface area contributed by atoms with Crippen molar-refractivity contribution in [2.75, 3.05) is 12.8 Å². The number of urea groups is 1. The molecule has 2 aliphatic rings. The summed E-state index contributed by atoms with van der Waals surface area (Å²) in [6, 6.07) is -0.158. The summed E-state index contributed by atoms with van der Waals surface area (Å²) in [5.41, 5.74) is 0. The van der Waals surface area contributed by atoms with E-state index < -0.39 is 9.84 Å². The maximum absolute atomic E-state index is 11.9. The van der Waals surface area contributed by atoms with E-state index in [-0.39, 0.29) is 17.3 Å². The second kappa shape index (κ2) is 8.18. The molecule has 2 amide bonds. The molecule has 0 bridgehead atoms. The highest BCUT2D eigenvalue weighted by atomic mass is 32.2. The Bertz CT molecular complexity index is 458. The van der Waals surface area contributed by atoms with Gasteiger partial charge in [0.05, 0.1) is 5.25 Å². The van der Waals surface area contributed by atoms with Crippen molar-refractivity contribution in [3.63, 3.8) is 0 Å². The highest BCUT2D eigenvalue weighted by molar-refractivity contribution is 7.91. The number of carbonyl (C=O) groups is 1. The number of hydrogen-bond acceptors (Lipinski definition) is 3. The van der Waals surface area contributed by atoms with Crippen molar-refractivity contribution in [3.05, 3.63) is 0 Å². The van der Waals surface area contributed by atoms with Crippen molar-refractivity contribution in [1.82, 2.24) is 10.6 Å². The van der Waals surface area contributed by atoms with E-state index in [1.54, 1.807) is 0 Å². The SMILES string of the molecule is CS(=O)(=O)C1CCCC(NC(=O)NCCCC2CCCC2)C1. The van der Waals surface area contributed by atoms with E-state index in [1.807, 2.05) is 0 Å². The number of hydrogen-bond donors (Lipinski definition) is 2. The van der Waals surface area contributed by atoms with E-state index in [0.717, 1.165) is 31.6 Å². The van der Waals surface area contributed by atoms with Crippen molar-refractivity contribution in [3.8, 4) is 0 Å². The maximum Gasteiger partial charge on any atom is 0.315 e. The molecule has 0 aliphatic heterocycles. The Balaban J connectivity index is 1.61. The number of amides is 2. The molecule has 2 N–H and O–H groups in total. The molecule has 128 valence electrons. The fourth-order valence-corrected chi connectivity index (χ4v) is 4.97. The molecule has 2 aliphatic carbocycles. The van der Waals surface area contributed by atoms with Gasteiger partial charge in [0.1, 0.15) is 9.84 Å². The van der Waals surface area contributed by atoms with Crippen LogP contribution in [0.2, 0.25) is 0 Å². The van der Waals surface area contributed by atoms with Crippen LogP contribution in [-0.4, -0.2) is 38.5 Å². The summed E-state index contributed by atoms with van der Waals surface area (Å²) in [6.07, 6.45) is 12.0. The van der Waals surface area contributed by atoms with E-state index >= 15 is 0 Å². The van der Waals surface area contributed by atoms with Crippen LogP contribution in [0, 0.1) is 5.92 Å². The predicted octanol–water partition coefficient (Wildman–Crippen LogP) is 2.61. The topological polar surface area (TPSA) is 75.3 Å². The first-order valence-corrected chi connectivity index (χ1v) is 10.6. The molecule has 6 heteroatoms. The van der Waals surface area contributed by atoms with Gasteiger partial charge in [-0.25, -0.2) is 13.2 Å². The number of nitrogens with one attached hydrogen (secondary N) is 2. The standard InChI is InChI=1S/C16H30N2O3S/c1-22(20,21)15-10-4-9-14(12-15)18-16(19)17-11-5-8-13-6-2-3-7-13/h13-15H,2-12H2,1H3,(H2,17,18,19). The van der Waals surface area contributed by atoms with Crippen LogP contribution < -0.4 is 10.6 Å². The average Bonchev–Trinajstić information content (AvgIpc) is 2.96. The summed E-state index contributed by atoms with van der Waals surface area (Å²) in [4.78, 5) is 11.9. The Hall–Kier alpha value is -0.780. The summed E-state index contributed by atoms with van der Waals surface area (Å²) in [7, 11) is -3.00. The van der Waals surface area contributed by atoms with Crippen LogP contribution in [0.3, 0.4) is 0 Å². The fourth-order valence-electron chi connectivity index (χ4n) is 3.79. The first-order chi connectivity index (χ1) is 10.4. The highest BCUT2D eigenvalue weighted by Gasteiger charge is 2.29. The molecule has 2 rings (SSSR count). The van der Waals surface area contributed by atoms with E-state index in [1.165, 1.54) is 38.4 Å². The molecular weight excluding hydrogens is 300 g/mol. The minimum Gasteiger partial charge on any atom is -0.338 e. The molecular formula is C16H30N2O3S. The molecule has 2 saturated carbocycles. The summed E-state index contributed by atoms with van der Waals surface area (Å²) in [5, 5.41) is 5.55. The van der Waals surface area contributed by atoms with E-state index in [2.05, 4.69) is 10.6 Å². The highest BCUT2D eigenvalue weighted by Crippen LogP contribution is 2.28. The molecule has 0 aromatic rings. The van der Waals surface area contributed by atoms with Crippen LogP contribution in [0.15, 0.2) is 0 Å². The molecule has 22 heavy (non-hydrogen) atoms. The van der Waals surface area contributed by atoms with Crippen molar-refractivity contribution >= 4 is 15.9 Å². The van der Waals surface area contributed by atoms with Crippen LogP contribution in [0.5, 0.6) is 0 Å². The predicted molar refractivity (Wildman–Crippen MR) is 88.6 cm³/mol. The molecule has 0 saturated heterocycles. The van der Waals surface area contributed by atoms with Gasteiger partial charge in [-0.2, -0.15) is 0 Å². The molecule has 0 heterocycles. The van der Waals surface area contributed by atoms with Crippen LogP contribution in [-0.2, 0) is 9.84 Å². The Morgan fingerprint density at radius 2 is 1.82 bits per heavy atom. The number of carbonyl (C=O) groups excluding carboxylic acids is 1. The Labute approximate surface area is 134 Å². The lowest BCUT2D eigenvalue weighted by atomic mass is 9.95. The lowest BCUT2D eigenvalue weighted by Gasteiger charge is -2.28. The van der Waals surface area contributed by atoms with E-state index in [0.29, 0.717) is 13.0 Å². The summed E-state index contributed by atoms with van der Waals surface area (Å²) < 4.78 is 23.3. The first-order valence-electron chi connectivity index (χ1n) is 8.68. The lowest BCUT2D eigenvalue weighted by Crippen LogP contribution is -2.46. The molecule has 0 aromatic carbocycles. The molecule has 5 nitrogen and oxygen atoms in total. The van der Waals surface area contributed by atoms with Crippen molar-refractivity contribution in [1.29, 1.82) is 0 Å². The van der Waals surface area contributed by atoms with E-state index in [9.17, 15) is 13.2 Å². The quantitative estimate of drug-likeness (QED) is 0.735. The normalized spacial score (nSPS) is 26.8. The number of rotatable bonds is 6. The lowest BCUT2D eigenvalue weighted by molar-refractivity contribution is 0.232. The van der Waals surface area contributed by atoms with Crippen LogP contribution >= 0.6 is 0 Å². The van der Waals surface area contributed by atoms with Gasteiger partial charge in [-0.05, 0) is 38.0 Å². The zero-order valence-corrected chi connectivity index (χ0v) is 14.5. The Morgan fingerprint density at radius 1 is 1.09 bits per heavy atom. The second-order valence-corrected chi connectivity index (χ2v) is 9.33. The van der Waals surface area contributed by atoms with Crippen LogP contribution in [0.4, 0.5) is 4.79 Å². The monoisotopic (exact) mass is 330 g/mol. The molecule has 0 aromatic heterocycles. The minimum absolute atomic E-state index is 0.0108. The minimum atomic E-state index is -3.00. The van der Waals surface area contributed by atoms with Gasteiger partial charge in [0, 0.05) is 18.8 Å². The smallest absolute Gasteiger partial charge is 0.315 e. The zero-order valence-electron chi connectivity index (χ0n) is 13.6. The third-order valence-electron chi connectivity index (χ3n) is 5.12. The zero-order chi connectivity index (χ0) is 16.0. The largest absolute Gasteiger partial charge is 0.338 e. The van der Waals surface area contributed by atoms with Gasteiger partial charge in [0.2, 0.25) is 0 Å². The summed E-state index contributed by atoms with van der Waals surface area (Å²) in [6.45, 7) is 0.713. The van der Waals surface area contributed by atoms with Crippen molar-refractivity contribution in [2.45, 2.75) is 75.5 Å². The maximum atomic E-state index is 11.9.